The SMILES string of the molecule is CC(=O)c1cc(Cl)cc(CN2CCC(O)C(C)C2)c1O. The topological polar surface area (TPSA) is 60.8 Å². The highest BCUT2D eigenvalue weighted by Gasteiger charge is 2.25. The highest BCUT2D eigenvalue weighted by molar-refractivity contribution is 6.31. The van der Waals surface area contributed by atoms with Crippen LogP contribution >= 0.6 is 11.6 Å². The van der Waals surface area contributed by atoms with Gasteiger partial charge in [0, 0.05) is 30.2 Å². The standard InChI is InChI=1S/C15H20ClNO3/c1-9-7-17(4-3-14(9)19)8-11-5-12(16)6-13(10(2)18)15(11)20/h5-6,9,14,19-20H,3-4,7-8H2,1-2H3. The van der Waals surface area contributed by atoms with Gasteiger partial charge in [-0.15, -0.1) is 0 Å². The number of nitrogens with zero attached hydrogens (tertiary/aromatic N) is 1. The Labute approximate surface area is 124 Å². The van der Waals surface area contributed by atoms with E-state index in [-0.39, 0.29) is 29.1 Å². The molecule has 1 aromatic carbocycles. The molecule has 2 rings (SSSR count). The van der Waals surface area contributed by atoms with Crippen LogP contribution < -0.4 is 0 Å². The predicted octanol–water partition coefficient (Wildman–Crippen LogP) is 2.45. The number of likely N-dealkylation sites (tertiary alicyclic amines) is 1. The lowest BCUT2D eigenvalue weighted by Gasteiger charge is -2.34. The zero-order valence-electron chi connectivity index (χ0n) is 11.8. The smallest absolute Gasteiger partial charge is 0.163 e. The fourth-order valence-electron chi connectivity index (χ4n) is 2.65. The molecular weight excluding hydrogens is 278 g/mol. The van der Waals surface area contributed by atoms with Gasteiger partial charge in [0.05, 0.1) is 11.7 Å². The minimum Gasteiger partial charge on any atom is -0.507 e. The van der Waals surface area contributed by atoms with Gasteiger partial charge in [-0.1, -0.05) is 18.5 Å². The number of aliphatic hydroxyl groups excluding tert-OH is 1. The van der Waals surface area contributed by atoms with Crippen molar-refractivity contribution in [1.29, 1.82) is 0 Å². The van der Waals surface area contributed by atoms with E-state index in [1.54, 1.807) is 6.07 Å². The van der Waals surface area contributed by atoms with Crippen LogP contribution in [0.1, 0.15) is 36.2 Å². The zero-order chi connectivity index (χ0) is 14.9. The van der Waals surface area contributed by atoms with Gasteiger partial charge in [0.15, 0.2) is 5.78 Å². The van der Waals surface area contributed by atoms with Gasteiger partial charge in [0.25, 0.3) is 0 Å². The van der Waals surface area contributed by atoms with Crippen molar-refractivity contribution in [3.8, 4) is 5.75 Å². The number of benzene rings is 1. The fraction of sp³-hybridized carbons (Fsp3) is 0.533. The van der Waals surface area contributed by atoms with Crippen LogP contribution in [0.4, 0.5) is 0 Å². The van der Waals surface area contributed by atoms with Gasteiger partial charge in [0.2, 0.25) is 0 Å². The number of Topliss-reactive ketones (excluding diaryl/α,β-unsaturated/α-hetero) is 1. The first-order valence-corrected chi connectivity index (χ1v) is 7.19. The average Bonchev–Trinajstić information content (AvgIpc) is 2.37. The number of phenolic OH excluding ortho intramolecular Hbond substituents is 1. The van der Waals surface area contributed by atoms with E-state index in [1.165, 1.54) is 13.0 Å². The van der Waals surface area contributed by atoms with E-state index in [4.69, 9.17) is 11.6 Å². The van der Waals surface area contributed by atoms with Crippen molar-refractivity contribution in [3.05, 3.63) is 28.3 Å². The molecular formula is C15H20ClNO3. The van der Waals surface area contributed by atoms with Crippen molar-refractivity contribution in [2.75, 3.05) is 13.1 Å². The van der Waals surface area contributed by atoms with Crippen molar-refractivity contribution in [2.24, 2.45) is 5.92 Å². The highest BCUT2D eigenvalue weighted by atomic mass is 35.5. The number of piperidine rings is 1. The second-order valence-corrected chi connectivity index (χ2v) is 6.02. The Balaban J connectivity index is 2.19. The highest BCUT2D eigenvalue weighted by Crippen LogP contribution is 2.30. The van der Waals surface area contributed by atoms with Crippen LogP contribution in [0, 0.1) is 5.92 Å². The van der Waals surface area contributed by atoms with Gasteiger partial charge in [0.1, 0.15) is 5.75 Å². The number of halogens is 1. The first-order chi connectivity index (χ1) is 9.38. The lowest BCUT2D eigenvalue weighted by molar-refractivity contribution is 0.0318. The molecule has 0 radical (unpaired) electrons. The van der Waals surface area contributed by atoms with Crippen molar-refractivity contribution in [3.63, 3.8) is 0 Å². The molecule has 2 atom stereocenters. The zero-order valence-corrected chi connectivity index (χ0v) is 12.5. The molecule has 4 nitrogen and oxygen atoms in total. The maximum Gasteiger partial charge on any atom is 0.163 e. The summed E-state index contributed by atoms with van der Waals surface area (Å²) in [6.07, 6.45) is 0.467. The van der Waals surface area contributed by atoms with Gasteiger partial charge >= 0.3 is 0 Å². The van der Waals surface area contributed by atoms with E-state index in [0.717, 1.165) is 19.5 Å². The number of carbonyl (C=O) groups excluding carboxylic acids is 1. The quantitative estimate of drug-likeness (QED) is 0.841. The van der Waals surface area contributed by atoms with Crippen molar-refractivity contribution < 1.29 is 15.0 Å². The number of carbonyl (C=O) groups is 1. The minimum atomic E-state index is -0.257. The van der Waals surface area contributed by atoms with Crippen LogP contribution in [0.5, 0.6) is 5.75 Å². The number of hydrogen-bond acceptors (Lipinski definition) is 4. The van der Waals surface area contributed by atoms with E-state index >= 15 is 0 Å². The van der Waals surface area contributed by atoms with Crippen LogP contribution in [0.3, 0.4) is 0 Å². The van der Waals surface area contributed by atoms with E-state index in [0.29, 0.717) is 17.1 Å². The van der Waals surface area contributed by atoms with Crippen molar-refractivity contribution >= 4 is 17.4 Å². The van der Waals surface area contributed by atoms with Crippen molar-refractivity contribution in [2.45, 2.75) is 32.9 Å². The summed E-state index contributed by atoms with van der Waals surface area (Å²) in [7, 11) is 0. The third kappa shape index (κ3) is 3.32. The molecule has 0 spiro atoms. The molecule has 1 aromatic rings. The third-order valence-electron chi connectivity index (χ3n) is 3.87. The Bertz CT molecular complexity index is 518. The van der Waals surface area contributed by atoms with E-state index in [1.807, 2.05) is 6.92 Å². The van der Waals surface area contributed by atoms with Crippen LogP contribution in [0.2, 0.25) is 5.02 Å². The summed E-state index contributed by atoms with van der Waals surface area (Å²) in [5.74, 6) is 0.0201. The lowest BCUT2D eigenvalue weighted by Crippen LogP contribution is -2.41. The fourth-order valence-corrected chi connectivity index (χ4v) is 2.89. The normalized spacial score (nSPS) is 23.8. The maximum atomic E-state index is 11.5. The first-order valence-electron chi connectivity index (χ1n) is 6.81. The minimum absolute atomic E-state index is 0.0145. The molecule has 0 amide bonds. The summed E-state index contributed by atoms with van der Waals surface area (Å²) in [5.41, 5.74) is 0.920. The van der Waals surface area contributed by atoms with Gasteiger partial charge in [-0.3, -0.25) is 9.69 Å². The molecule has 5 heteroatoms. The third-order valence-corrected chi connectivity index (χ3v) is 4.09. The molecule has 0 aromatic heterocycles. The Morgan fingerprint density at radius 2 is 2.20 bits per heavy atom. The van der Waals surface area contributed by atoms with Gasteiger partial charge in [-0.2, -0.15) is 0 Å². The molecule has 110 valence electrons. The molecule has 0 bridgehead atoms. The second kappa shape index (κ2) is 6.12. The van der Waals surface area contributed by atoms with Crippen LogP contribution in [0.15, 0.2) is 12.1 Å². The number of hydrogen-bond donors (Lipinski definition) is 2. The summed E-state index contributed by atoms with van der Waals surface area (Å²) in [6, 6.07) is 3.18. The number of ketones is 1. The molecule has 1 aliphatic rings. The lowest BCUT2D eigenvalue weighted by atomic mass is 9.96. The summed E-state index contributed by atoms with van der Waals surface area (Å²) in [4.78, 5) is 13.7. The molecule has 1 fully saturated rings. The monoisotopic (exact) mass is 297 g/mol. The molecule has 2 N–H and O–H groups in total. The Morgan fingerprint density at radius 1 is 1.50 bits per heavy atom. The van der Waals surface area contributed by atoms with Crippen LogP contribution in [-0.4, -0.2) is 40.1 Å². The summed E-state index contributed by atoms with van der Waals surface area (Å²) >= 11 is 6.01. The summed E-state index contributed by atoms with van der Waals surface area (Å²) in [6.45, 7) is 5.49. The summed E-state index contributed by atoms with van der Waals surface area (Å²) in [5, 5.41) is 20.4. The van der Waals surface area contributed by atoms with Crippen LogP contribution in [-0.2, 0) is 6.54 Å². The average molecular weight is 298 g/mol. The molecule has 0 saturated carbocycles. The largest absolute Gasteiger partial charge is 0.507 e. The van der Waals surface area contributed by atoms with Crippen LogP contribution in [0.25, 0.3) is 0 Å². The van der Waals surface area contributed by atoms with Gasteiger partial charge in [-0.05, 0) is 31.4 Å². The first kappa shape index (κ1) is 15.3. The molecule has 1 heterocycles. The Morgan fingerprint density at radius 3 is 2.80 bits per heavy atom. The molecule has 20 heavy (non-hydrogen) atoms. The number of phenols is 1. The maximum absolute atomic E-state index is 11.5. The number of aliphatic hydroxyl groups is 1. The molecule has 1 saturated heterocycles. The van der Waals surface area contributed by atoms with Gasteiger partial charge < -0.3 is 10.2 Å². The number of aromatic hydroxyl groups is 1. The molecule has 1 aliphatic heterocycles. The summed E-state index contributed by atoms with van der Waals surface area (Å²) < 4.78 is 0. The van der Waals surface area contributed by atoms with Gasteiger partial charge in [-0.25, -0.2) is 0 Å². The van der Waals surface area contributed by atoms with Crippen molar-refractivity contribution in [1.82, 2.24) is 4.90 Å². The van der Waals surface area contributed by atoms with E-state index in [9.17, 15) is 15.0 Å². The number of rotatable bonds is 3. The second-order valence-electron chi connectivity index (χ2n) is 5.59. The molecule has 2 unspecified atom stereocenters. The van der Waals surface area contributed by atoms with E-state index < -0.39 is 0 Å². The molecule has 0 aliphatic carbocycles. The Kier molecular flexibility index (Phi) is 4.68. The van der Waals surface area contributed by atoms with E-state index in [2.05, 4.69) is 4.90 Å². The predicted molar refractivity (Wildman–Crippen MR) is 78.2 cm³/mol. The Hall–Kier alpha value is -1.10.